The average molecular weight is 239 g/mol. The smallest absolute Gasteiger partial charge is 0.162 e. The SMILES string of the molecule is Cc1c(F)c(F)cc(F)c1CBr. The van der Waals surface area contributed by atoms with Gasteiger partial charge in [0, 0.05) is 17.0 Å². The fourth-order valence-electron chi connectivity index (χ4n) is 0.917. The fraction of sp³-hybridized carbons (Fsp3) is 0.250. The Labute approximate surface area is 76.5 Å². The van der Waals surface area contributed by atoms with Gasteiger partial charge in [0.25, 0.3) is 0 Å². The third kappa shape index (κ3) is 1.48. The van der Waals surface area contributed by atoms with Crippen molar-refractivity contribution in [2.24, 2.45) is 0 Å². The quantitative estimate of drug-likeness (QED) is 0.521. The standard InChI is InChI=1S/C8H6BrF3/c1-4-5(3-9)6(10)2-7(11)8(4)12/h2H,3H2,1H3. The molecule has 0 amide bonds. The number of alkyl halides is 1. The summed E-state index contributed by atoms with van der Waals surface area (Å²) in [7, 11) is 0. The summed E-state index contributed by atoms with van der Waals surface area (Å²) in [5, 5.41) is 0.182. The van der Waals surface area contributed by atoms with Crippen molar-refractivity contribution in [1.29, 1.82) is 0 Å². The van der Waals surface area contributed by atoms with Gasteiger partial charge in [-0.2, -0.15) is 0 Å². The third-order valence-electron chi connectivity index (χ3n) is 1.67. The van der Waals surface area contributed by atoms with Gasteiger partial charge in [-0.15, -0.1) is 0 Å². The topological polar surface area (TPSA) is 0 Å². The van der Waals surface area contributed by atoms with Gasteiger partial charge in [-0.05, 0) is 12.5 Å². The summed E-state index contributed by atoms with van der Waals surface area (Å²) in [6.07, 6.45) is 0. The maximum atomic E-state index is 12.9. The highest BCUT2D eigenvalue weighted by atomic mass is 79.9. The van der Waals surface area contributed by atoms with Crippen LogP contribution in [0, 0.1) is 24.4 Å². The molecule has 0 aromatic heterocycles. The normalized spacial score (nSPS) is 10.4. The van der Waals surface area contributed by atoms with E-state index in [2.05, 4.69) is 15.9 Å². The van der Waals surface area contributed by atoms with Crippen molar-refractivity contribution in [2.45, 2.75) is 12.3 Å². The third-order valence-corrected chi connectivity index (χ3v) is 2.23. The molecule has 0 unspecified atom stereocenters. The molecule has 0 aliphatic rings. The van der Waals surface area contributed by atoms with E-state index in [4.69, 9.17) is 0 Å². The van der Waals surface area contributed by atoms with Crippen molar-refractivity contribution in [2.75, 3.05) is 0 Å². The Morgan fingerprint density at radius 3 is 2.33 bits per heavy atom. The molecule has 0 radical (unpaired) electrons. The van der Waals surface area contributed by atoms with E-state index < -0.39 is 17.5 Å². The average Bonchev–Trinajstić information content (AvgIpc) is 2.01. The summed E-state index contributed by atoms with van der Waals surface area (Å²) in [4.78, 5) is 0. The van der Waals surface area contributed by atoms with E-state index in [1.807, 2.05) is 0 Å². The molecule has 0 nitrogen and oxygen atoms in total. The van der Waals surface area contributed by atoms with Crippen LogP contribution in [0.3, 0.4) is 0 Å². The summed E-state index contributed by atoms with van der Waals surface area (Å²) in [5.74, 6) is -2.84. The van der Waals surface area contributed by atoms with Gasteiger partial charge in [0.15, 0.2) is 11.6 Å². The van der Waals surface area contributed by atoms with Gasteiger partial charge in [-0.3, -0.25) is 0 Å². The monoisotopic (exact) mass is 238 g/mol. The Morgan fingerprint density at radius 2 is 1.83 bits per heavy atom. The fourth-order valence-corrected chi connectivity index (χ4v) is 1.60. The van der Waals surface area contributed by atoms with Crippen molar-refractivity contribution >= 4 is 15.9 Å². The minimum atomic E-state index is -1.14. The predicted molar refractivity (Wildman–Crippen MR) is 43.7 cm³/mol. The molecule has 1 rings (SSSR count). The van der Waals surface area contributed by atoms with Gasteiger partial charge in [0.1, 0.15) is 5.82 Å². The molecule has 0 spiro atoms. The number of benzene rings is 1. The molecule has 66 valence electrons. The molecule has 1 aromatic rings. The summed E-state index contributed by atoms with van der Waals surface area (Å²) in [6.45, 7) is 1.35. The van der Waals surface area contributed by atoms with E-state index in [0.29, 0.717) is 6.07 Å². The number of halogens is 4. The Morgan fingerprint density at radius 1 is 1.25 bits per heavy atom. The number of hydrogen-bond acceptors (Lipinski definition) is 0. The van der Waals surface area contributed by atoms with E-state index in [-0.39, 0.29) is 16.5 Å². The number of rotatable bonds is 1. The van der Waals surface area contributed by atoms with Crippen LogP contribution in [0.15, 0.2) is 6.07 Å². The zero-order chi connectivity index (χ0) is 9.30. The van der Waals surface area contributed by atoms with Gasteiger partial charge >= 0.3 is 0 Å². The molecule has 12 heavy (non-hydrogen) atoms. The van der Waals surface area contributed by atoms with Crippen molar-refractivity contribution < 1.29 is 13.2 Å². The summed E-state index contributed by atoms with van der Waals surface area (Å²) < 4.78 is 38.2. The second-order valence-electron chi connectivity index (χ2n) is 2.39. The molecule has 0 bridgehead atoms. The zero-order valence-electron chi connectivity index (χ0n) is 6.30. The van der Waals surface area contributed by atoms with Crippen LogP contribution in [0.2, 0.25) is 0 Å². The molecule has 0 saturated heterocycles. The summed E-state index contributed by atoms with van der Waals surface area (Å²) >= 11 is 2.99. The van der Waals surface area contributed by atoms with Gasteiger partial charge < -0.3 is 0 Å². The van der Waals surface area contributed by atoms with Crippen LogP contribution < -0.4 is 0 Å². The van der Waals surface area contributed by atoms with Crippen molar-refractivity contribution in [3.05, 3.63) is 34.6 Å². The van der Waals surface area contributed by atoms with Crippen LogP contribution in [-0.2, 0) is 5.33 Å². The maximum absolute atomic E-state index is 12.9. The Kier molecular flexibility index (Phi) is 2.77. The van der Waals surface area contributed by atoms with Crippen molar-refractivity contribution in [3.63, 3.8) is 0 Å². The van der Waals surface area contributed by atoms with Gasteiger partial charge in [-0.1, -0.05) is 15.9 Å². The highest BCUT2D eigenvalue weighted by Crippen LogP contribution is 2.21. The molecule has 4 heteroatoms. The van der Waals surface area contributed by atoms with E-state index in [1.165, 1.54) is 6.92 Å². The maximum Gasteiger partial charge on any atom is 0.162 e. The second-order valence-corrected chi connectivity index (χ2v) is 2.95. The molecular formula is C8H6BrF3. The molecule has 0 aliphatic carbocycles. The molecule has 0 atom stereocenters. The molecule has 1 aromatic carbocycles. The minimum absolute atomic E-state index is 0.0179. The van der Waals surface area contributed by atoms with Crippen LogP contribution in [0.1, 0.15) is 11.1 Å². The van der Waals surface area contributed by atoms with E-state index >= 15 is 0 Å². The lowest BCUT2D eigenvalue weighted by atomic mass is 10.1. The lowest BCUT2D eigenvalue weighted by Crippen LogP contribution is -1.98. The van der Waals surface area contributed by atoms with Crippen molar-refractivity contribution in [1.82, 2.24) is 0 Å². The summed E-state index contributed by atoms with van der Waals surface area (Å²) in [5.41, 5.74) is 0.179. The van der Waals surface area contributed by atoms with Gasteiger partial charge in [0.05, 0.1) is 0 Å². The highest BCUT2D eigenvalue weighted by Gasteiger charge is 2.13. The highest BCUT2D eigenvalue weighted by molar-refractivity contribution is 9.08. The zero-order valence-corrected chi connectivity index (χ0v) is 7.88. The van der Waals surface area contributed by atoms with Crippen molar-refractivity contribution in [3.8, 4) is 0 Å². The Balaban J connectivity index is 3.40. The van der Waals surface area contributed by atoms with Crippen LogP contribution in [0.5, 0.6) is 0 Å². The first-order chi connectivity index (χ1) is 5.57. The first kappa shape index (κ1) is 9.58. The molecule has 0 aliphatic heterocycles. The Hall–Kier alpha value is -0.510. The van der Waals surface area contributed by atoms with Crippen LogP contribution in [0.4, 0.5) is 13.2 Å². The first-order valence-corrected chi connectivity index (χ1v) is 4.39. The second kappa shape index (κ2) is 3.47. The molecular weight excluding hydrogens is 233 g/mol. The summed E-state index contributed by atoms with van der Waals surface area (Å²) in [6, 6.07) is 0.554. The Bertz CT molecular complexity index is 310. The number of hydrogen-bond donors (Lipinski definition) is 0. The van der Waals surface area contributed by atoms with E-state index in [0.717, 1.165) is 0 Å². The predicted octanol–water partition coefficient (Wildman–Crippen LogP) is 3.31. The first-order valence-electron chi connectivity index (χ1n) is 3.27. The van der Waals surface area contributed by atoms with E-state index in [1.54, 1.807) is 0 Å². The minimum Gasteiger partial charge on any atom is -0.207 e. The van der Waals surface area contributed by atoms with Gasteiger partial charge in [0.2, 0.25) is 0 Å². The lowest BCUT2D eigenvalue weighted by molar-refractivity contribution is 0.486. The molecule has 0 saturated carbocycles. The molecule has 0 heterocycles. The molecule has 0 N–H and O–H groups in total. The van der Waals surface area contributed by atoms with Crippen LogP contribution in [-0.4, -0.2) is 0 Å². The van der Waals surface area contributed by atoms with Crippen LogP contribution >= 0.6 is 15.9 Å². The largest absolute Gasteiger partial charge is 0.207 e. The molecule has 0 fully saturated rings. The lowest BCUT2D eigenvalue weighted by Gasteiger charge is -2.05. The van der Waals surface area contributed by atoms with Crippen LogP contribution in [0.25, 0.3) is 0 Å². The van der Waals surface area contributed by atoms with E-state index in [9.17, 15) is 13.2 Å². The van der Waals surface area contributed by atoms with Gasteiger partial charge in [-0.25, -0.2) is 13.2 Å².